The van der Waals surface area contributed by atoms with Gasteiger partial charge in [0, 0.05) is 5.38 Å². The fraction of sp³-hybridized carbons (Fsp3) is 0.231. The summed E-state index contributed by atoms with van der Waals surface area (Å²) in [7, 11) is 0. The highest BCUT2D eigenvalue weighted by atomic mass is 35.5. The van der Waals surface area contributed by atoms with Gasteiger partial charge >= 0.3 is 0 Å². The number of nitrogens with zero attached hydrogens (tertiary/aromatic N) is 1. The Morgan fingerprint density at radius 3 is 2.89 bits per heavy atom. The van der Waals surface area contributed by atoms with Crippen LogP contribution in [0.15, 0.2) is 29.6 Å². The first-order chi connectivity index (χ1) is 8.69. The highest BCUT2D eigenvalue weighted by molar-refractivity contribution is 7.13. The molecular formula is C13H13ClN2OS. The van der Waals surface area contributed by atoms with Crippen LogP contribution in [0.4, 0.5) is 5.13 Å². The second-order valence-electron chi connectivity index (χ2n) is 3.93. The Kier molecular flexibility index (Phi) is 4.33. The van der Waals surface area contributed by atoms with Crippen molar-refractivity contribution in [1.29, 1.82) is 0 Å². The number of hydrogen-bond acceptors (Lipinski definition) is 3. The largest absolute Gasteiger partial charge is 0.302 e. The van der Waals surface area contributed by atoms with Gasteiger partial charge in [-0.2, -0.15) is 0 Å². The standard InChI is InChI=1S/C13H13ClN2OS/c1-9-4-2-3-5-10(9)6-12(17)16-13-15-11(7-14)8-18-13/h2-5,8H,6-7H2,1H3,(H,15,16,17). The van der Waals surface area contributed by atoms with Gasteiger partial charge in [-0.15, -0.1) is 22.9 Å². The number of halogens is 1. The first kappa shape index (κ1) is 13.1. The maximum atomic E-state index is 11.9. The Morgan fingerprint density at radius 1 is 1.44 bits per heavy atom. The van der Waals surface area contributed by atoms with Crippen molar-refractivity contribution >= 4 is 34.0 Å². The van der Waals surface area contributed by atoms with E-state index in [1.807, 2.05) is 36.6 Å². The summed E-state index contributed by atoms with van der Waals surface area (Å²) in [6.45, 7) is 2.00. The minimum absolute atomic E-state index is 0.0558. The monoisotopic (exact) mass is 280 g/mol. The Morgan fingerprint density at radius 2 is 2.22 bits per heavy atom. The van der Waals surface area contributed by atoms with Crippen LogP contribution in [-0.4, -0.2) is 10.9 Å². The van der Waals surface area contributed by atoms with Crippen molar-refractivity contribution in [2.24, 2.45) is 0 Å². The van der Waals surface area contributed by atoms with E-state index in [1.165, 1.54) is 11.3 Å². The van der Waals surface area contributed by atoms with Crippen molar-refractivity contribution in [2.45, 2.75) is 19.2 Å². The number of carbonyl (C=O) groups excluding carboxylic acids is 1. The van der Waals surface area contributed by atoms with Gasteiger partial charge in [-0.05, 0) is 18.1 Å². The van der Waals surface area contributed by atoms with Crippen molar-refractivity contribution in [3.8, 4) is 0 Å². The molecule has 0 atom stereocenters. The third kappa shape index (κ3) is 3.31. The zero-order chi connectivity index (χ0) is 13.0. The first-order valence-corrected chi connectivity index (χ1v) is 6.95. The summed E-state index contributed by atoms with van der Waals surface area (Å²) < 4.78 is 0. The lowest BCUT2D eigenvalue weighted by molar-refractivity contribution is -0.115. The Balaban J connectivity index is 1.99. The van der Waals surface area contributed by atoms with E-state index in [2.05, 4.69) is 10.3 Å². The summed E-state index contributed by atoms with van der Waals surface area (Å²) in [5, 5.41) is 5.23. The van der Waals surface area contributed by atoms with Crippen molar-refractivity contribution in [3.63, 3.8) is 0 Å². The maximum absolute atomic E-state index is 11.9. The molecule has 18 heavy (non-hydrogen) atoms. The second-order valence-corrected chi connectivity index (χ2v) is 5.05. The number of hydrogen-bond donors (Lipinski definition) is 1. The number of amides is 1. The predicted molar refractivity (Wildman–Crippen MR) is 75.2 cm³/mol. The first-order valence-electron chi connectivity index (χ1n) is 5.54. The number of thiazole rings is 1. The van der Waals surface area contributed by atoms with Crippen molar-refractivity contribution < 1.29 is 4.79 Å². The van der Waals surface area contributed by atoms with Crippen LogP contribution in [-0.2, 0) is 17.1 Å². The van der Waals surface area contributed by atoms with E-state index in [9.17, 15) is 4.79 Å². The molecule has 0 unspecified atom stereocenters. The molecule has 0 aliphatic carbocycles. The van der Waals surface area contributed by atoms with Crippen LogP contribution in [0.5, 0.6) is 0 Å². The summed E-state index contributed by atoms with van der Waals surface area (Å²) in [5.74, 6) is 0.309. The molecule has 2 rings (SSSR count). The summed E-state index contributed by atoms with van der Waals surface area (Å²) in [4.78, 5) is 16.0. The molecule has 0 aliphatic heterocycles. The van der Waals surface area contributed by atoms with Crippen LogP contribution in [0.25, 0.3) is 0 Å². The van der Waals surface area contributed by atoms with Gasteiger partial charge < -0.3 is 5.32 Å². The zero-order valence-corrected chi connectivity index (χ0v) is 11.5. The Labute approximate surface area is 115 Å². The van der Waals surface area contributed by atoms with Gasteiger partial charge in [0.05, 0.1) is 18.0 Å². The van der Waals surface area contributed by atoms with E-state index in [4.69, 9.17) is 11.6 Å². The molecule has 0 spiro atoms. The molecule has 0 aliphatic rings. The molecule has 1 N–H and O–H groups in total. The van der Waals surface area contributed by atoms with Crippen LogP contribution < -0.4 is 5.32 Å². The number of anilines is 1. The fourth-order valence-corrected chi connectivity index (χ4v) is 2.53. The van der Waals surface area contributed by atoms with Gasteiger partial charge in [-0.25, -0.2) is 4.98 Å². The number of nitrogens with one attached hydrogen (secondary N) is 1. The number of alkyl halides is 1. The molecule has 1 heterocycles. The Hall–Kier alpha value is -1.39. The summed E-state index contributed by atoms with van der Waals surface area (Å²) in [5.41, 5.74) is 2.94. The summed E-state index contributed by atoms with van der Waals surface area (Å²) in [6, 6.07) is 7.85. The normalized spacial score (nSPS) is 10.3. The van der Waals surface area contributed by atoms with E-state index in [-0.39, 0.29) is 5.91 Å². The molecule has 94 valence electrons. The molecule has 0 fully saturated rings. The molecule has 0 saturated heterocycles. The summed E-state index contributed by atoms with van der Waals surface area (Å²) >= 11 is 7.05. The lowest BCUT2D eigenvalue weighted by atomic mass is 10.1. The van der Waals surface area contributed by atoms with Crippen LogP contribution in [0.1, 0.15) is 16.8 Å². The van der Waals surface area contributed by atoms with Crippen molar-refractivity contribution in [3.05, 3.63) is 46.5 Å². The van der Waals surface area contributed by atoms with Crippen LogP contribution in [0.2, 0.25) is 0 Å². The molecule has 5 heteroatoms. The number of aromatic nitrogens is 1. The van der Waals surface area contributed by atoms with E-state index in [1.54, 1.807) is 0 Å². The number of rotatable bonds is 4. The van der Waals surface area contributed by atoms with Gasteiger partial charge in [-0.1, -0.05) is 24.3 Å². The molecule has 0 radical (unpaired) electrons. The minimum Gasteiger partial charge on any atom is -0.302 e. The Bertz CT molecular complexity index is 553. The van der Waals surface area contributed by atoms with Gasteiger partial charge in [-0.3, -0.25) is 4.79 Å². The number of benzene rings is 1. The van der Waals surface area contributed by atoms with Gasteiger partial charge in [0.15, 0.2) is 5.13 Å². The maximum Gasteiger partial charge on any atom is 0.230 e. The topological polar surface area (TPSA) is 42.0 Å². The molecular weight excluding hydrogens is 268 g/mol. The van der Waals surface area contributed by atoms with Gasteiger partial charge in [0.2, 0.25) is 5.91 Å². The quantitative estimate of drug-likeness (QED) is 0.873. The molecule has 3 nitrogen and oxygen atoms in total. The summed E-state index contributed by atoms with van der Waals surface area (Å²) in [6.07, 6.45) is 0.364. The molecule has 1 amide bonds. The van der Waals surface area contributed by atoms with E-state index in [0.717, 1.165) is 16.8 Å². The lowest BCUT2D eigenvalue weighted by Crippen LogP contribution is -2.14. The van der Waals surface area contributed by atoms with Gasteiger partial charge in [0.1, 0.15) is 0 Å². The highest BCUT2D eigenvalue weighted by Crippen LogP contribution is 2.17. The van der Waals surface area contributed by atoms with E-state index in [0.29, 0.717) is 17.4 Å². The van der Waals surface area contributed by atoms with E-state index >= 15 is 0 Å². The third-order valence-electron chi connectivity index (χ3n) is 2.55. The predicted octanol–water partition coefficient (Wildman–Crippen LogP) is 3.37. The molecule has 2 aromatic rings. The van der Waals surface area contributed by atoms with Crippen LogP contribution in [0, 0.1) is 6.92 Å². The third-order valence-corrected chi connectivity index (χ3v) is 3.63. The smallest absolute Gasteiger partial charge is 0.230 e. The average molecular weight is 281 g/mol. The fourth-order valence-electron chi connectivity index (χ4n) is 1.57. The van der Waals surface area contributed by atoms with E-state index < -0.39 is 0 Å². The zero-order valence-electron chi connectivity index (χ0n) is 9.94. The van der Waals surface area contributed by atoms with Crippen LogP contribution >= 0.6 is 22.9 Å². The molecule has 0 bridgehead atoms. The van der Waals surface area contributed by atoms with Crippen molar-refractivity contribution in [2.75, 3.05) is 5.32 Å². The molecule has 1 aromatic carbocycles. The highest BCUT2D eigenvalue weighted by Gasteiger charge is 2.08. The van der Waals surface area contributed by atoms with Gasteiger partial charge in [0.25, 0.3) is 0 Å². The van der Waals surface area contributed by atoms with Crippen molar-refractivity contribution in [1.82, 2.24) is 4.98 Å². The number of aryl methyl sites for hydroxylation is 1. The SMILES string of the molecule is Cc1ccccc1CC(=O)Nc1nc(CCl)cs1. The molecule has 1 aromatic heterocycles. The average Bonchev–Trinajstić information content (AvgIpc) is 2.80. The lowest BCUT2D eigenvalue weighted by Gasteiger charge is -2.04. The minimum atomic E-state index is -0.0558. The van der Waals surface area contributed by atoms with Crippen LogP contribution in [0.3, 0.4) is 0 Å². The molecule has 0 saturated carbocycles. The second kappa shape index (κ2) is 5.98. The number of carbonyl (C=O) groups is 1.